The molecule has 1 N–H and O–H groups in total. The number of carbonyl (C=O) groups excluding carboxylic acids is 1. The van der Waals surface area contributed by atoms with Crippen molar-refractivity contribution in [2.45, 2.75) is 25.3 Å². The van der Waals surface area contributed by atoms with Gasteiger partial charge in [0.05, 0.1) is 6.54 Å². The lowest BCUT2D eigenvalue weighted by atomic mass is 9.84. The average molecular weight is 520 g/mol. The van der Waals surface area contributed by atoms with Crippen LogP contribution in [0.3, 0.4) is 0 Å². The van der Waals surface area contributed by atoms with Gasteiger partial charge in [0.25, 0.3) is 0 Å². The lowest BCUT2D eigenvalue weighted by Gasteiger charge is -2.36. The van der Waals surface area contributed by atoms with Crippen LogP contribution in [0, 0.1) is 11.6 Å². The number of amides is 1. The van der Waals surface area contributed by atoms with Crippen LogP contribution in [0.4, 0.5) is 20.2 Å². The van der Waals surface area contributed by atoms with E-state index in [0.717, 1.165) is 54.7 Å². The summed E-state index contributed by atoms with van der Waals surface area (Å²) >= 11 is 0. The zero-order chi connectivity index (χ0) is 22.8. The quantitative estimate of drug-likeness (QED) is 0.484. The molecule has 1 unspecified atom stereocenters. The van der Waals surface area contributed by atoms with E-state index in [0.29, 0.717) is 24.9 Å². The van der Waals surface area contributed by atoms with Crippen molar-refractivity contribution in [3.05, 3.63) is 95.1 Å². The fourth-order valence-electron chi connectivity index (χ4n) is 4.87. The van der Waals surface area contributed by atoms with Crippen LogP contribution in [0.15, 0.2) is 66.7 Å². The van der Waals surface area contributed by atoms with Crippen LogP contribution in [0.25, 0.3) is 0 Å². The van der Waals surface area contributed by atoms with Gasteiger partial charge in [-0.25, -0.2) is 8.78 Å². The van der Waals surface area contributed by atoms with Gasteiger partial charge in [-0.3, -0.25) is 4.79 Å². The molecule has 35 heavy (non-hydrogen) atoms. The van der Waals surface area contributed by atoms with Crippen LogP contribution < -0.4 is 15.1 Å². The molecule has 0 bridgehead atoms. The average Bonchev–Trinajstić information content (AvgIpc) is 2.85. The van der Waals surface area contributed by atoms with Gasteiger partial charge in [-0.1, -0.05) is 36.4 Å². The van der Waals surface area contributed by atoms with Crippen molar-refractivity contribution in [2.75, 3.05) is 36.0 Å². The number of nitrogens with zero attached hydrogens (tertiary/aromatic N) is 2. The summed E-state index contributed by atoms with van der Waals surface area (Å²) in [5.41, 5.74) is 4.90. The van der Waals surface area contributed by atoms with E-state index in [2.05, 4.69) is 22.3 Å². The number of benzene rings is 3. The molecule has 2 aliphatic heterocycles. The highest BCUT2D eigenvalue weighted by molar-refractivity contribution is 5.97. The zero-order valence-corrected chi connectivity index (χ0v) is 20.9. The summed E-state index contributed by atoms with van der Waals surface area (Å²) in [4.78, 5) is 17.4. The largest absolute Gasteiger partial charge is 0.369 e. The van der Waals surface area contributed by atoms with Gasteiger partial charge in [0.15, 0.2) is 11.6 Å². The number of halogens is 4. The van der Waals surface area contributed by atoms with Gasteiger partial charge in [-0.05, 0) is 59.4 Å². The summed E-state index contributed by atoms with van der Waals surface area (Å²) in [6.45, 7) is 4.25. The van der Waals surface area contributed by atoms with Crippen LogP contribution in [-0.4, -0.2) is 32.1 Å². The third kappa shape index (κ3) is 5.95. The molecule has 0 saturated carbocycles. The van der Waals surface area contributed by atoms with Crippen LogP contribution in [0.5, 0.6) is 0 Å². The summed E-state index contributed by atoms with van der Waals surface area (Å²) < 4.78 is 27.3. The molecule has 1 saturated heterocycles. The number of hydrogen-bond acceptors (Lipinski definition) is 3. The second kappa shape index (κ2) is 11.8. The van der Waals surface area contributed by atoms with Crippen molar-refractivity contribution in [1.29, 1.82) is 0 Å². The number of fused-ring (bicyclic) bond motifs is 1. The molecule has 3 aromatic carbocycles. The van der Waals surface area contributed by atoms with E-state index in [-0.39, 0.29) is 36.6 Å². The van der Waals surface area contributed by atoms with Gasteiger partial charge >= 0.3 is 0 Å². The Balaban J connectivity index is 0.00000171. The molecule has 186 valence electrons. The van der Waals surface area contributed by atoms with Crippen molar-refractivity contribution < 1.29 is 13.6 Å². The van der Waals surface area contributed by atoms with Crippen molar-refractivity contribution in [1.82, 2.24) is 5.32 Å². The van der Waals surface area contributed by atoms with Crippen molar-refractivity contribution in [3.63, 3.8) is 0 Å². The molecular weight excluding hydrogens is 491 g/mol. The van der Waals surface area contributed by atoms with Gasteiger partial charge in [0, 0.05) is 44.0 Å². The first-order chi connectivity index (χ1) is 16.1. The fourth-order valence-corrected chi connectivity index (χ4v) is 4.87. The summed E-state index contributed by atoms with van der Waals surface area (Å²) in [6, 6.07) is 20.3. The molecule has 1 amide bonds. The second-order valence-corrected chi connectivity index (χ2v) is 8.80. The highest BCUT2D eigenvalue weighted by atomic mass is 35.5. The van der Waals surface area contributed by atoms with Crippen LogP contribution in [-0.2, 0) is 17.8 Å². The molecule has 4 nitrogen and oxygen atoms in total. The number of piperazine rings is 1. The van der Waals surface area contributed by atoms with Gasteiger partial charge in [0.2, 0.25) is 5.91 Å². The molecule has 0 radical (unpaired) electrons. The third-order valence-corrected chi connectivity index (χ3v) is 6.60. The smallest absolute Gasteiger partial charge is 0.227 e. The van der Waals surface area contributed by atoms with Crippen LogP contribution in [0.2, 0.25) is 0 Å². The molecule has 8 heteroatoms. The number of anilines is 2. The van der Waals surface area contributed by atoms with E-state index >= 15 is 0 Å². The van der Waals surface area contributed by atoms with Crippen molar-refractivity contribution >= 4 is 42.1 Å². The predicted octanol–water partition coefficient (Wildman–Crippen LogP) is 5.48. The van der Waals surface area contributed by atoms with E-state index in [4.69, 9.17) is 0 Å². The molecule has 2 heterocycles. The third-order valence-electron chi connectivity index (χ3n) is 6.60. The van der Waals surface area contributed by atoms with Gasteiger partial charge in [0.1, 0.15) is 0 Å². The molecule has 1 fully saturated rings. The molecule has 5 rings (SSSR count). The Morgan fingerprint density at radius 2 is 1.60 bits per heavy atom. The molecule has 2 aliphatic rings. The summed E-state index contributed by atoms with van der Waals surface area (Å²) in [6.07, 6.45) is 0.823. The van der Waals surface area contributed by atoms with E-state index in [1.54, 1.807) is 6.07 Å². The fraction of sp³-hybridized carbons (Fsp3) is 0.296. The normalized spacial score (nSPS) is 17.3. The first kappa shape index (κ1) is 26.9. The van der Waals surface area contributed by atoms with Crippen molar-refractivity contribution in [2.24, 2.45) is 0 Å². The van der Waals surface area contributed by atoms with Crippen LogP contribution >= 0.6 is 24.8 Å². The molecule has 0 spiro atoms. The topological polar surface area (TPSA) is 35.6 Å². The maximum absolute atomic E-state index is 13.9. The number of hydrogen-bond donors (Lipinski definition) is 1. The van der Waals surface area contributed by atoms with E-state index in [1.807, 2.05) is 41.3 Å². The molecule has 0 aromatic heterocycles. The van der Waals surface area contributed by atoms with E-state index in [9.17, 15) is 13.6 Å². The Labute approximate surface area is 217 Å². The first-order valence-electron chi connectivity index (χ1n) is 11.5. The highest BCUT2D eigenvalue weighted by Crippen LogP contribution is 2.41. The predicted molar refractivity (Wildman–Crippen MR) is 141 cm³/mol. The summed E-state index contributed by atoms with van der Waals surface area (Å²) in [5.74, 6) is -1.75. The molecule has 1 atom stereocenters. The SMILES string of the molecule is Cl.Cl.O=C1CC(Cc2ccc(F)c(F)c2)c2cc(N3CCNCC3)ccc2N1Cc1ccccc1. The lowest BCUT2D eigenvalue weighted by molar-refractivity contribution is -0.119. The maximum Gasteiger partial charge on any atom is 0.227 e. The standard InChI is InChI=1S/C27H27F2N3O.2ClH/c28-24-8-6-20(15-25(24)29)14-21-16-27(33)32(18-19-4-2-1-3-5-19)26-9-7-22(17-23(21)26)31-12-10-30-11-13-31;;/h1-9,15,17,21,30H,10-14,16,18H2;2*1H. The minimum absolute atomic E-state index is 0. The zero-order valence-electron chi connectivity index (χ0n) is 19.3. The monoisotopic (exact) mass is 519 g/mol. The first-order valence-corrected chi connectivity index (χ1v) is 11.5. The Morgan fingerprint density at radius 1 is 0.857 bits per heavy atom. The maximum atomic E-state index is 13.9. The Morgan fingerprint density at radius 3 is 2.31 bits per heavy atom. The Hall–Kier alpha value is -2.67. The summed E-state index contributed by atoms with van der Waals surface area (Å²) in [5, 5.41) is 3.38. The minimum atomic E-state index is -0.853. The Kier molecular flexibility index (Phi) is 9.11. The second-order valence-electron chi connectivity index (χ2n) is 8.80. The molecule has 3 aromatic rings. The van der Waals surface area contributed by atoms with Crippen molar-refractivity contribution in [3.8, 4) is 0 Å². The number of rotatable bonds is 5. The molecular formula is C27H29Cl2F2N3O. The number of nitrogens with one attached hydrogen (secondary N) is 1. The highest BCUT2D eigenvalue weighted by Gasteiger charge is 2.32. The van der Waals surface area contributed by atoms with Gasteiger partial charge in [-0.15, -0.1) is 24.8 Å². The minimum Gasteiger partial charge on any atom is -0.369 e. The van der Waals surface area contributed by atoms with E-state index in [1.165, 1.54) is 6.07 Å². The molecule has 0 aliphatic carbocycles. The lowest BCUT2D eigenvalue weighted by Crippen LogP contribution is -2.43. The van der Waals surface area contributed by atoms with Crippen LogP contribution in [0.1, 0.15) is 29.0 Å². The summed E-state index contributed by atoms with van der Waals surface area (Å²) in [7, 11) is 0. The van der Waals surface area contributed by atoms with E-state index < -0.39 is 11.6 Å². The number of carbonyl (C=O) groups is 1. The Bertz CT molecular complexity index is 1160. The van der Waals surface area contributed by atoms with Gasteiger partial charge in [-0.2, -0.15) is 0 Å². The van der Waals surface area contributed by atoms with Gasteiger partial charge < -0.3 is 15.1 Å².